The Balaban J connectivity index is 0.00000208. The van der Waals surface area contributed by atoms with Gasteiger partial charge in [0, 0.05) is 18.7 Å². The summed E-state index contributed by atoms with van der Waals surface area (Å²) in [5.41, 5.74) is 8.27. The molecule has 0 radical (unpaired) electrons. The number of hydrogen-bond acceptors (Lipinski definition) is 3. The molecule has 2 heterocycles. The van der Waals surface area contributed by atoms with E-state index in [2.05, 4.69) is 37.2 Å². The van der Waals surface area contributed by atoms with Crippen LogP contribution in [0, 0.1) is 6.92 Å². The number of likely N-dealkylation sites (tertiary alicyclic amines) is 1. The Bertz CT molecular complexity index is 673. The number of rotatable bonds is 3. The van der Waals surface area contributed by atoms with Crippen LogP contribution < -0.4 is 5.73 Å². The summed E-state index contributed by atoms with van der Waals surface area (Å²) < 4.78 is 0. The molecule has 1 aliphatic heterocycles. The van der Waals surface area contributed by atoms with Crippen LogP contribution in [0.15, 0.2) is 29.3 Å². The van der Waals surface area contributed by atoms with Crippen molar-refractivity contribution in [3.05, 3.63) is 35.7 Å². The van der Waals surface area contributed by atoms with Crippen molar-refractivity contribution in [1.29, 1.82) is 0 Å². The number of nitrogens with zero attached hydrogens (tertiary/aromatic N) is 4. The maximum Gasteiger partial charge on any atom is 0.191 e. The number of benzene rings is 1. The summed E-state index contributed by atoms with van der Waals surface area (Å²) >= 11 is 0. The van der Waals surface area contributed by atoms with Crippen LogP contribution in [-0.2, 0) is 6.54 Å². The molecular formula is C17H25IN6. The number of nitrogens with two attached hydrogens (primary N) is 1. The Kier molecular flexibility index (Phi) is 7.01. The second-order valence-electron chi connectivity index (χ2n) is 6.02. The number of H-pyrrole nitrogens is 1. The second kappa shape index (κ2) is 9.00. The van der Waals surface area contributed by atoms with Gasteiger partial charge >= 0.3 is 0 Å². The van der Waals surface area contributed by atoms with E-state index in [1.807, 2.05) is 19.1 Å². The van der Waals surface area contributed by atoms with Gasteiger partial charge in [-0.05, 0) is 31.4 Å². The highest BCUT2D eigenvalue weighted by atomic mass is 127. The predicted octanol–water partition coefficient (Wildman–Crippen LogP) is 3.09. The summed E-state index contributed by atoms with van der Waals surface area (Å²) in [4.78, 5) is 11.1. The SMILES string of the molecule is Cc1nc(-c2cccc(CN=C(N)N3CCCCCC3)c2)n[nH]1.I. The van der Waals surface area contributed by atoms with Crippen LogP contribution >= 0.6 is 24.0 Å². The molecule has 0 aliphatic carbocycles. The van der Waals surface area contributed by atoms with Gasteiger partial charge in [0.1, 0.15) is 5.82 Å². The van der Waals surface area contributed by atoms with Crippen molar-refractivity contribution in [2.24, 2.45) is 10.7 Å². The lowest BCUT2D eigenvalue weighted by Crippen LogP contribution is -2.38. The molecule has 1 fully saturated rings. The zero-order chi connectivity index (χ0) is 16.1. The number of aromatic amines is 1. The average Bonchev–Trinajstić information content (AvgIpc) is 2.84. The molecule has 3 rings (SSSR count). The van der Waals surface area contributed by atoms with E-state index in [0.29, 0.717) is 18.3 Å². The Morgan fingerprint density at radius 3 is 2.67 bits per heavy atom. The van der Waals surface area contributed by atoms with E-state index in [-0.39, 0.29) is 24.0 Å². The molecule has 1 saturated heterocycles. The van der Waals surface area contributed by atoms with Crippen molar-refractivity contribution >= 4 is 29.9 Å². The molecule has 2 aromatic rings. The van der Waals surface area contributed by atoms with Crippen LogP contribution in [0.4, 0.5) is 0 Å². The van der Waals surface area contributed by atoms with Gasteiger partial charge in [-0.2, -0.15) is 5.10 Å². The first-order valence-electron chi connectivity index (χ1n) is 8.25. The number of nitrogens with one attached hydrogen (secondary N) is 1. The maximum absolute atomic E-state index is 6.16. The summed E-state index contributed by atoms with van der Waals surface area (Å²) in [6, 6.07) is 8.14. The fourth-order valence-electron chi connectivity index (χ4n) is 2.85. The molecule has 1 aromatic carbocycles. The van der Waals surface area contributed by atoms with Gasteiger partial charge in [-0.15, -0.1) is 24.0 Å². The smallest absolute Gasteiger partial charge is 0.191 e. The van der Waals surface area contributed by atoms with Crippen molar-refractivity contribution in [2.45, 2.75) is 39.2 Å². The average molecular weight is 440 g/mol. The molecular weight excluding hydrogens is 415 g/mol. The van der Waals surface area contributed by atoms with E-state index >= 15 is 0 Å². The highest BCUT2D eigenvalue weighted by molar-refractivity contribution is 14.0. The predicted molar refractivity (Wildman–Crippen MR) is 107 cm³/mol. The monoisotopic (exact) mass is 440 g/mol. The van der Waals surface area contributed by atoms with E-state index < -0.39 is 0 Å². The summed E-state index contributed by atoms with van der Waals surface area (Å²) in [7, 11) is 0. The number of aryl methyl sites for hydroxylation is 1. The molecule has 0 amide bonds. The molecule has 3 N–H and O–H groups in total. The van der Waals surface area contributed by atoms with Gasteiger partial charge in [-0.25, -0.2) is 9.98 Å². The minimum absolute atomic E-state index is 0. The third kappa shape index (κ3) is 4.93. The van der Waals surface area contributed by atoms with Crippen molar-refractivity contribution in [3.63, 3.8) is 0 Å². The number of aliphatic imine (C=N–C) groups is 1. The molecule has 1 aromatic heterocycles. The van der Waals surface area contributed by atoms with Gasteiger partial charge < -0.3 is 10.6 Å². The van der Waals surface area contributed by atoms with Crippen molar-refractivity contribution in [3.8, 4) is 11.4 Å². The van der Waals surface area contributed by atoms with E-state index in [0.717, 1.165) is 30.0 Å². The first kappa shape index (κ1) is 18.7. The molecule has 0 unspecified atom stereocenters. The summed E-state index contributed by atoms with van der Waals surface area (Å²) in [5.74, 6) is 2.19. The van der Waals surface area contributed by atoms with Crippen molar-refractivity contribution in [1.82, 2.24) is 20.1 Å². The molecule has 0 atom stereocenters. The molecule has 0 spiro atoms. The van der Waals surface area contributed by atoms with Gasteiger partial charge in [0.15, 0.2) is 11.8 Å². The van der Waals surface area contributed by atoms with Gasteiger partial charge in [0.2, 0.25) is 0 Å². The standard InChI is InChI=1S/C17H24N6.HI/c1-13-20-16(22-21-13)15-8-6-7-14(11-15)12-19-17(18)23-9-4-2-3-5-10-23;/h6-8,11H,2-5,9-10,12H2,1H3,(H2,18,19)(H,20,21,22);1H. The second-order valence-corrected chi connectivity index (χ2v) is 6.02. The Labute approximate surface area is 160 Å². The maximum atomic E-state index is 6.16. The van der Waals surface area contributed by atoms with E-state index in [9.17, 15) is 0 Å². The van der Waals surface area contributed by atoms with Gasteiger partial charge in [-0.1, -0.05) is 31.0 Å². The lowest BCUT2D eigenvalue weighted by molar-refractivity contribution is 0.428. The quantitative estimate of drug-likeness (QED) is 0.437. The summed E-state index contributed by atoms with van der Waals surface area (Å²) in [6.07, 6.45) is 5.00. The van der Waals surface area contributed by atoms with Crippen molar-refractivity contribution < 1.29 is 0 Å². The van der Waals surface area contributed by atoms with E-state index in [1.165, 1.54) is 25.7 Å². The first-order chi connectivity index (χ1) is 11.2. The summed E-state index contributed by atoms with van der Waals surface area (Å²) in [6.45, 7) is 4.52. The molecule has 130 valence electrons. The third-order valence-electron chi connectivity index (χ3n) is 4.14. The Morgan fingerprint density at radius 1 is 1.25 bits per heavy atom. The normalized spacial score (nSPS) is 15.7. The largest absolute Gasteiger partial charge is 0.370 e. The van der Waals surface area contributed by atoms with Crippen LogP contribution in [0.1, 0.15) is 37.1 Å². The fourth-order valence-corrected chi connectivity index (χ4v) is 2.85. The zero-order valence-electron chi connectivity index (χ0n) is 14.0. The lowest BCUT2D eigenvalue weighted by atomic mass is 10.1. The van der Waals surface area contributed by atoms with Gasteiger partial charge in [0.25, 0.3) is 0 Å². The van der Waals surface area contributed by atoms with Crippen LogP contribution in [-0.4, -0.2) is 39.1 Å². The molecule has 24 heavy (non-hydrogen) atoms. The van der Waals surface area contributed by atoms with Crippen LogP contribution in [0.3, 0.4) is 0 Å². The van der Waals surface area contributed by atoms with Gasteiger partial charge in [-0.3, -0.25) is 5.10 Å². The number of hydrogen-bond donors (Lipinski definition) is 2. The fraction of sp³-hybridized carbons (Fsp3) is 0.471. The number of aromatic nitrogens is 3. The van der Waals surface area contributed by atoms with E-state index in [4.69, 9.17) is 5.73 Å². The lowest BCUT2D eigenvalue weighted by Gasteiger charge is -2.21. The first-order valence-corrected chi connectivity index (χ1v) is 8.25. The molecule has 0 bridgehead atoms. The molecule has 7 heteroatoms. The van der Waals surface area contributed by atoms with Crippen LogP contribution in [0.2, 0.25) is 0 Å². The number of guanidine groups is 1. The minimum atomic E-state index is 0. The molecule has 1 aliphatic rings. The van der Waals surface area contributed by atoms with E-state index in [1.54, 1.807) is 0 Å². The van der Waals surface area contributed by atoms with Crippen molar-refractivity contribution in [2.75, 3.05) is 13.1 Å². The number of halogens is 1. The van der Waals surface area contributed by atoms with Gasteiger partial charge in [0.05, 0.1) is 6.54 Å². The highest BCUT2D eigenvalue weighted by Gasteiger charge is 2.11. The summed E-state index contributed by atoms with van der Waals surface area (Å²) in [5, 5.41) is 7.07. The molecule has 6 nitrogen and oxygen atoms in total. The topological polar surface area (TPSA) is 83.2 Å². The Hall–Kier alpha value is -1.64. The van der Waals surface area contributed by atoms with Crippen LogP contribution in [0.25, 0.3) is 11.4 Å². The third-order valence-corrected chi connectivity index (χ3v) is 4.14. The minimum Gasteiger partial charge on any atom is -0.370 e. The zero-order valence-corrected chi connectivity index (χ0v) is 16.4. The Morgan fingerprint density at radius 2 is 2.00 bits per heavy atom. The van der Waals surface area contributed by atoms with Crippen LogP contribution in [0.5, 0.6) is 0 Å². The highest BCUT2D eigenvalue weighted by Crippen LogP contribution is 2.17. The molecule has 0 saturated carbocycles.